The Hall–Kier alpha value is -2.43. The van der Waals surface area contributed by atoms with Crippen LogP contribution in [0.5, 0.6) is 0 Å². The van der Waals surface area contributed by atoms with Crippen molar-refractivity contribution in [2.24, 2.45) is 0 Å². The highest BCUT2D eigenvalue weighted by molar-refractivity contribution is 5.80. The summed E-state index contributed by atoms with van der Waals surface area (Å²) in [5.74, 6) is -1.72. The number of aryl methyl sites for hydroxylation is 1. The third kappa shape index (κ3) is 4.02. The molecule has 0 saturated heterocycles. The third-order valence-electron chi connectivity index (χ3n) is 3.04. The second-order valence-corrected chi connectivity index (χ2v) is 4.67. The van der Waals surface area contributed by atoms with Gasteiger partial charge in [-0.05, 0) is 24.1 Å². The van der Waals surface area contributed by atoms with Crippen LogP contribution in [0.4, 0.5) is 14.5 Å². The van der Waals surface area contributed by atoms with Crippen molar-refractivity contribution >= 4 is 11.6 Å². The van der Waals surface area contributed by atoms with E-state index in [1.54, 1.807) is 0 Å². The maximum Gasteiger partial charge on any atom is 0.239 e. The molecule has 0 spiro atoms. The maximum absolute atomic E-state index is 13.7. The van der Waals surface area contributed by atoms with E-state index in [0.717, 1.165) is 5.56 Å². The first-order valence-corrected chi connectivity index (χ1v) is 6.57. The molecule has 1 amide bonds. The lowest BCUT2D eigenvalue weighted by molar-refractivity contribution is -0.119. The Bertz CT molecular complexity index is 630. The van der Waals surface area contributed by atoms with E-state index in [1.165, 1.54) is 19.1 Å². The quantitative estimate of drug-likeness (QED) is 0.889. The van der Waals surface area contributed by atoms with Crippen molar-refractivity contribution in [2.45, 2.75) is 13.5 Å². The summed E-state index contributed by atoms with van der Waals surface area (Å²) in [6.07, 6.45) is 0. The van der Waals surface area contributed by atoms with Crippen molar-refractivity contribution in [3.05, 3.63) is 65.2 Å². The summed E-state index contributed by atoms with van der Waals surface area (Å²) in [5.41, 5.74) is 1.01. The molecular weight excluding hydrogens is 274 g/mol. The summed E-state index contributed by atoms with van der Waals surface area (Å²) < 4.78 is 27.2. The topological polar surface area (TPSA) is 41.1 Å². The molecule has 0 fully saturated rings. The van der Waals surface area contributed by atoms with Crippen LogP contribution in [0.15, 0.2) is 42.5 Å². The molecule has 2 aromatic carbocycles. The molecule has 110 valence electrons. The SMILES string of the molecule is Cc1ccc(F)c(NCC(=O)NCc2ccccc2)c1F. The molecule has 0 atom stereocenters. The van der Waals surface area contributed by atoms with Gasteiger partial charge in [-0.3, -0.25) is 4.79 Å². The zero-order valence-corrected chi connectivity index (χ0v) is 11.6. The Labute approximate surface area is 122 Å². The molecular formula is C16H16F2N2O. The van der Waals surface area contributed by atoms with Gasteiger partial charge in [0.2, 0.25) is 5.91 Å². The van der Waals surface area contributed by atoms with Crippen LogP contribution in [-0.2, 0) is 11.3 Å². The number of hydrogen-bond donors (Lipinski definition) is 2. The summed E-state index contributed by atoms with van der Waals surface area (Å²) in [6.45, 7) is 1.72. The minimum absolute atomic E-state index is 0.190. The fraction of sp³-hybridized carbons (Fsp3) is 0.188. The summed E-state index contributed by atoms with van der Waals surface area (Å²) in [5, 5.41) is 5.17. The Morgan fingerprint density at radius 2 is 1.81 bits per heavy atom. The second kappa shape index (κ2) is 6.83. The van der Waals surface area contributed by atoms with E-state index in [-0.39, 0.29) is 18.1 Å². The maximum atomic E-state index is 13.7. The van der Waals surface area contributed by atoms with E-state index in [2.05, 4.69) is 10.6 Å². The van der Waals surface area contributed by atoms with Crippen molar-refractivity contribution in [3.63, 3.8) is 0 Å². The largest absolute Gasteiger partial charge is 0.371 e. The van der Waals surface area contributed by atoms with Gasteiger partial charge in [-0.15, -0.1) is 0 Å². The Morgan fingerprint density at radius 3 is 2.52 bits per heavy atom. The molecule has 0 aromatic heterocycles. The van der Waals surface area contributed by atoms with Crippen LogP contribution in [0, 0.1) is 18.6 Å². The van der Waals surface area contributed by atoms with Gasteiger partial charge in [0.25, 0.3) is 0 Å². The van der Waals surface area contributed by atoms with Gasteiger partial charge in [-0.25, -0.2) is 8.78 Å². The smallest absolute Gasteiger partial charge is 0.239 e. The normalized spacial score (nSPS) is 10.2. The summed E-state index contributed by atoms with van der Waals surface area (Å²) in [6, 6.07) is 11.9. The zero-order chi connectivity index (χ0) is 15.2. The predicted octanol–water partition coefficient (Wildman–Crippen LogP) is 3.00. The van der Waals surface area contributed by atoms with E-state index in [0.29, 0.717) is 12.1 Å². The molecule has 0 saturated carbocycles. The first kappa shape index (κ1) is 15.0. The van der Waals surface area contributed by atoms with Crippen LogP contribution in [-0.4, -0.2) is 12.5 Å². The van der Waals surface area contributed by atoms with Crippen molar-refractivity contribution < 1.29 is 13.6 Å². The number of halogens is 2. The lowest BCUT2D eigenvalue weighted by atomic mass is 10.2. The minimum Gasteiger partial charge on any atom is -0.371 e. The number of anilines is 1. The van der Waals surface area contributed by atoms with Gasteiger partial charge in [0.15, 0.2) is 5.82 Å². The van der Waals surface area contributed by atoms with Crippen molar-refractivity contribution in [3.8, 4) is 0 Å². The van der Waals surface area contributed by atoms with Crippen LogP contribution in [0.3, 0.4) is 0 Å². The lowest BCUT2D eigenvalue weighted by Crippen LogP contribution is -2.29. The van der Waals surface area contributed by atoms with E-state index in [1.807, 2.05) is 30.3 Å². The second-order valence-electron chi connectivity index (χ2n) is 4.67. The van der Waals surface area contributed by atoms with Crippen LogP contribution >= 0.6 is 0 Å². The average Bonchev–Trinajstić information content (AvgIpc) is 2.50. The lowest BCUT2D eigenvalue weighted by Gasteiger charge is -2.10. The molecule has 0 radical (unpaired) electrons. The molecule has 0 heterocycles. The monoisotopic (exact) mass is 290 g/mol. The molecule has 0 unspecified atom stereocenters. The first-order valence-electron chi connectivity index (χ1n) is 6.57. The molecule has 0 aliphatic carbocycles. The van der Waals surface area contributed by atoms with Crippen LogP contribution in [0.2, 0.25) is 0 Å². The number of nitrogens with one attached hydrogen (secondary N) is 2. The van der Waals surface area contributed by atoms with E-state index < -0.39 is 11.6 Å². The van der Waals surface area contributed by atoms with Gasteiger partial charge < -0.3 is 10.6 Å². The summed E-state index contributed by atoms with van der Waals surface area (Å²) >= 11 is 0. The minimum atomic E-state index is -0.714. The highest BCUT2D eigenvalue weighted by atomic mass is 19.1. The number of rotatable bonds is 5. The Morgan fingerprint density at radius 1 is 1.10 bits per heavy atom. The molecule has 0 bridgehead atoms. The molecule has 3 nitrogen and oxygen atoms in total. The third-order valence-corrected chi connectivity index (χ3v) is 3.04. The van der Waals surface area contributed by atoms with Crippen LogP contribution in [0.1, 0.15) is 11.1 Å². The highest BCUT2D eigenvalue weighted by Crippen LogP contribution is 2.21. The molecule has 21 heavy (non-hydrogen) atoms. The van der Waals surface area contributed by atoms with E-state index in [4.69, 9.17) is 0 Å². The number of carbonyl (C=O) groups is 1. The first-order chi connectivity index (χ1) is 10.1. The molecule has 2 aromatic rings. The average molecular weight is 290 g/mol. The molecule has 2 rings (SSSR count). The van der Waals surface area contributed by atoms with Gasteiger partial charge in [0.05, 0.1) is 6.54 Å². The Kier molecular flexibility index (Phi) is 4.87. The number of benzene rings is 2. The Balaban J connectivity index is 1.89. The number of amides is 1. The van der Waals surface area contributed by atoms with Gasteiger partial charge in [0.1, 0.15) is 11.5 Å². The highest BCUT2D eigenvalue weighted by Gasteiger charge is 2.12. The van der Waals surface area contributed by atoms with Crippen molar-refractivity contribution in [1.29, 1.82) is 0 Å². The standard InChI is InChI=1S/C16H16F2N2O/c1-11-7-8-13(17)16(15(11)18)20-10-14(21)19-9-12-5-3-2-4-6-12/h2-8,20H,9-10H2,1H3,(H,19,21). The van der Waals surface area contributed by atoms with E-state index >= 15 is 0 Å². The molecule has 0 aliphatic rings. The number of hydrogen-bond acceptors (Lipinski definition) is 2. The number of carbonyl (C=O) groups excluding carboxylic acids is 1. The van der Waals surface area contributed by atoms with Gasteiger partial charge >= 0.3 is 0 Å². The molecule has 2 N–H and O–H groups in total. The summed E-state index contributed by atoms with van der Waals surface area (Å²) in [4.78, 5) is 11.7. The zero-order valence-electron chi connectivity index (χ0n) is 11.6. The van der Waals surface area contributed by atoms with Crippen LogP contribution < -0.4 is 10.6 Å². The van der Waals surface area contributed by atoms with Gasteiger partial charge in [-0.1, -0.05) is 36.4 Å². The van der Waals surface area contributed by atoms with Crippen LogP contribution in [0.25, 0.3) is 0 Å². The molecule has 5 heteroatoms. The van der Waals surface area contributed by atoms with Gasteiger partial charge in [-0.2, -0.15) is 0 Å². The van der Waals surface area contributed by atoms with Crippen molar-refractivity contribution in [1.82, 2.24) is 5.32 Å². The van der Waals surface area contributed by atoms with Gasteiger partial charge in [0, 0.05) is 6.54 Å². The fourth-order valence-electron chi connectivity index (χ4n) is 1.85. The van der Waals surface area contributed by atoms with Crippen molar-refractivity contribution in [2.75, 3.05) is 11.9 Å². The predicted molar refractivity (Wildman–Crippen MR) is 77.9 cm³/mol. The fourth-order valence-corrected chi connectivity index (χ4v) is 1.85. The summed E-state index contributed by atoms with van der Waals surface area (Å²) in [7, 11) is 0. The van der Waals surface area contributed by atoms with E-state index in [9.17, 15) is 13.6 Å². The molecule has 0 aliphatic heterocycles.